The van der Waals surface area contributed by atoms with Crippen molar-refractivity contribution in [3.63, 3.8) is 0 Å². The summed E-state index contributed by atoms with van der Waals surface area (Å²) < 4.78 is 30.0. The molecule has 0 aromatic heterocycles. The van der Waals surface area contributed by atoms with Crippen molar-refractivity contribution in [2.24, 2.45) is 0 Å². The van der Waals surface area contributed by atoms with E-state index >= 15 is 0 Å². The fraction of sp³-hybridized carbons (Fsp3) is 0.226. The summed E-state index contributed by atoms with van der Waals surface area (Å²) in [6.07, 6.45) is 1.90. The van der Waals surface area contributed by atoms with Crippen molar-refractivity contribution >= 4 is 10.0 Å². The van der Waals surface area contributed by atoms with Crippen molar-refractivity contribution in [3.05, 3.63) is 137 Å². The zero-order valence-electron chi connectivity index (χ0n) is 22.6. The topological polar surface area (TPSA) is 94.7 Å². The number of halogens is 1. The Labute approximate surface area is 252 Å². The van der Waals surface area contributed by atoms with Crippen LogP contribution in [0.5, 0.6) is 0 Å². The Bertz CT molecular complexity index is 1340. The first-order valence-corrected chi connectivity index (χ1v) is 13.9. The molecule has 0 aliphatic rings. The molecule has 4 aromatic rings. The van der Waals surface area contributed by atoms with Gasteiger partial charge in [-0.15, -0.1) is 0 Å². The molecule has 0 radical (unpaired) electrons. The largest absolute Gasteiger partial charge is 1.00 e. The fourth-order valence-corrected chi connectivity index (χ4v) is 5.57. The molecule has 0 amide bonds. The average molecular weight is 653 g/mol. The van der Waals surface area contributed by atoms with Gasteiger partial charge in [0.2, 0.25) is 10.0 Å². The van der Waals surface area contributed by atoms with Crippen molar-refractivity contribution in [2.75, 3.05) is 6.54 Å². The fourth-order valence-electron chi connectivity index (χ4n) is 4.33. The van der Waals surface area contributed by atoms with Gasteiger partial charge in [-0.25, -0.2) is 13.1 Å². The third-order valence-corrected chi connectivity index (χ3v) is 7.85. The van der Waals surface area contributed by atoms with E-state index in [4.69, 9.17) is 0 Å². The third-order valence-electron chi connectivity index (χ3n) is 6.39. The molecule has 39 heavy (non-hydrogen) atoms. The Balaban J connectivity index is 0.00000253. The van der Waals surface area contributed by atoms with Gasteiger partial charge >= 0.3 is 0 Å². The van der Waals surface area contributed by atoms with Crippen LogP contribution in [0.4, 0.5) is 0 Å². The number of rotatable bonds is 11. The maximum atomic E-state index is 13.5. The van der Waals surface area contributed by atoms with Crippen LogP contribution in [0.1, 0.15) is 46.3 Å². The summed E-state index contributed by atoms with van der Waals surface area (Å²) in [4.78, 5) is 0.264. The monoisotopic (exact) mass is 653 g/mol. The van der Waals surface area contributed by atoms with Crippen LogP contribution < -0.4 is 28.6 Å². The van der Waals surface area contributed by atoms with E-state index in [1.165, 1.54) is 11.1 Å². The Morgan fingerprint density at radius 1 is 0.667 bits per heavy atom. The molecule has 0 saturated carbocycles. The van der Waals surface area contributed by atoms with E-state index in [-0.39, 0.29) is 49.0 Å². The molecular weight excluding hydrogens is 615 g/mol. The normalized spacial score (nSPS) is 12.3. The van der Waals surface area contributed by atoms with Gasteiger partial charge in [0.15, 0.2) is 0 Å². The second kappa shape index (κ2) is 16.7. The molecule has 6 N–H and O–H groups in total. The number of benzene rings is 4. The van der Waals surface area contributed by atoms with Gasteiger partial charge in [0.1, 0.15) is 0 Å². The number of nitrogens with one attached hydrogen (secondary N) is 2. The Morgan fingerprint density at radius 3 is 1.64 bits per heavy atom. The maximum absolute atomic E-state index is 13.5. The predicted octanol–water partition coefficient (Wildman–Crippen LogP) is 3.66. The van der Waals surface area contributed by atoms with Crippen molar-refractivity contribution < 1.29 is 40.3 Å². The predicted molar refractivity (Wildman–Crippen MR) is 153 cm³/mol. The quantitative estimate of drug-likeness (QED) is 0.171. The number of hydrogen-bond donors (Lipinski definition) is 3. The summed E-state index contributed by atoms with van der Waals surface area (Å²) in [6.45, 7) is 4.79. The summed E-state index contributed by atoms with van der Waals surface area (Å²) in [5.41, 5.74) is 5.53. The minimum atomic E-state index is -3.75. The molecule has 0 unspecified atom stereocenters. The van der Waals surface area contributed by atoms with Crippen LogP contribution in [0.3, 0.4) is 0 Å². The Morgan fingerprint density at radius 2 is 1.13 bits per heavy atom. The first kappa shape index (κ1) is 34.7. The first-order chi connectivity index (χ1) is 17.4. The summed E-state index contributed by atoms with van der Waals surface area (Å²) in [7, 11) is -3.75. The number of hydrogen-bond acceptors (Lipinski definition) is 3. The molecule has 0 spiro atoms. The third kappa shape index (κ3) is 9.95. The van der Waals surface area contributed by atoms with Crippen molar-refractivity contribution in [1.82, 2.24) is 16.2 Å². The summed E-state index contributed by atoms with van der Waals surface area (Å²) in [5.74, 6) is 0. The van der Waals surface area contributed by atoms with Crippen LogP contribution in [-0.4, -0.2) is 15.0 Å². The SMILES string of the molecule is Cc1ccc(CCCN[C@@H](c2ccccc2)[C@@H](NS(=O)(=O)c2ccc(C)cc2)c2ccccc2)cc1.[Cl-].[NH4+].[Ru]. The van der Waals surface area contributed by atoms with E-state index in [1.807, 2.05) is 79.7 Å². The van der Waals surface area contributed by atoms with E-state index in [1.54, 1.807) is 12.1 Å². The Hall–Kier alpha value is -2.38. The average Bonchev–Trinajstić information content (AvgIpc) is 2.90. The van der Waals surface area contributed by atoms with Gasteiger partial charge in [0, 0.05) is 19.5 Å². The molecular formula is C31H38ClN3O2RuS. The van der Waals surface area contributed by atoms with Crippen LogP contribution in [0.25, 0.3) is 0 Å². The van der Waals surface area contributed by atoms with Crippen LogP contribution in [0.15, 0.2) is 114 Å². The smallest absolute Gasteiger partial charge is 0.241 e. The van der Waals surface area contributed by atoms with Gasteiger partial charge in [-0.2, -0.15) is 0 Å². The first-order valence-electron chi connectivity index (χ1n) is 12.4. The van der Waals surface area contributed by atoms with Gasteiger partial charge in [-0.3, -0.25) is 0 Å². The molecule has 210 valence electrons. The van der Waals surface area contributed by atoms with Crippen LogP contribution in [0, 0.1) is 13.8 Å². The zero-order chi connectivity index (χ0) is 25.4. The number of aryl methyl sites for hydroxylation is 3. The van der Waals surface area contributed by atoms with E-state index in [9.17, 15) is 8.42 Å². The minimum absolute atomic E-state index is 0. The molecule has 0 fully saturated rings. The maximum Gasteiger partial charge on any atom is 0.241 e. The van der Waals surface area contributed by atoms with E-state index in [2.05, 4.69) is 41.2 Å². The molecule has 8 heteroatoms. The zero-order valence-corrected chi connectivity index (χ0v) is 25.9. The van der Waals surface area contributed by atoms with Crippen molar-refractivity contribution in [2.45, 2.75) is 43.7 Å². The molecule has 0 saturated heterocycles. The van der Waals surface area contributed by atoms with Crippen LogP contribution in [-0.2, 0) is 35.9 Å². The van der Waals surface area contributed by atoms with E-state index < -0.39 is 16.1 Å². The van der Waals surface area contributed by atoms with Crippen LogP contribution >= 0.6 is 0 Å². The molecule has 0 aliphatic carbocycles. The van der Waals surface area contributed by atoms with Crippen molar-refractivity contribution in [3.8, 4) is 0 Å². The van der Waals surface area contributed by atoms with Gasteiger partial charge in [-0.05, 0) is 62.1 Å². The Kier molecular flexibility index (Phi) is 14.8. The standard InChI is InChI=1S/C31H34N2O2S.ClH.H3N.Ru/c1-24-15-19-26(20-16-24)10-9-23-32-30(27-11-5-3-6-12-27)31(28-13-7-4-8-14-28)33-36(34,35)29-21-17-25(2)18-22-29;;;/h3-8,11-22,30-33H,9-10,23H2,1-2H3;1H;1H3;/t30-,31-;;;/m0.../s1. The molecule has 4 rings (SSSR count). The van der Waals surface area contributed by atoms with Gasteiger partial charge in [-0.1, -0.05) is 108 Å². The molecule has 4 aromatic carbocycles. The van der Waals surface area contributed by atoms with Gasteiger partial charge in [0.05, 0.1) is 17.0 Å². The van der Waals surface area contributed by atoms with E-state index in [0.717, 1.165) is 36.1 Å². The summed E-state index contributed by atoms with van der Waals surface area (Å²) in [5, 5.41) is 3.67. The van der Waals surface area contributed by atoms with E-state index in [0.29, 0.717) is 0 Å². The molecule has 2 atom stereocenters. The summed E-state index contributed by atoms with van der Waals surface area (Å²) in [6, 6.07) is 34.7. The molecule has 0 aliphatic heterocycles. The van der Waals surface area contributed by atoms with Gasteiger partial charge < -0.3 is 23.9 Å². The minimum Gasteiger partial charge on any atom is -1.00 e. The number of quaternary nitrogens is 1. The van der Waals surface area contributed by atoms with Gasteiger partial charge in [0.25, 0.3) is 0 Å². The van der Waals surface area contributed by atoms with Crippen molar-refractivity contribution in [1.29, 1.82) is 0 Å². The van der Waals surface area contributed by atoms with Crippen LogP contribution in [0.2, 0.25) is 0 Å². The second-order valence-electron chi connectivity index (χ2n) is 9.25. The number of sulfonamides is 1. The molecule has 5 nitrogen and oxygen atoms in total. The summed E-state index contributed by atoms with van der Waals surface area (Å²) >= 11 is 0. The second-order valence-corrected chi connectivity index (χ2v) is 11.0. The molecule has 0 heterocycles. The molecule has 0 bridgehead atoms.